The van der Waals surface area contributed by atoms with Crippen LogP contribution in [0.2, 0.25) is 0 Å². The summed E-state index contributed by atoms with van der Waals surface area (Å²) < 4.78 is 4.01. The number of rotatable bonds is 1. The molecule has 0 unspecified atom stereocenters. The van der Waals surface area contributed by atoms with Gasteiger partial charge in [-0.3, -0.25) is 16.4 Å². The topological polar surface area (TPSA) is 9.23 Å². The van der Waals surface area contributed by atoms with Crippen molar-refractivity contribution in [3.8, 4) is 0 Å². The second-order valence-electron chi connectivity index (χ2n) is 3.33. The predicted molar refractivity (Wildman–Crippen MR) is 69.9 cm³/mol. The average molecular weight is 330 g/mol. The molecule has 2 aliphatic carbocycles. The number of hydrogen-bond acceptors (Lipinski definition) is 1. The summed E-state index contributed by atoms with van der Waals surface area (Å²) in [6, 6.07) is 0. The van der Waals surface area contributed by atoms with Crippen LogP contribution in [0.25, 0.3) is 0 Å². The molecule has 0 bridgehead atoms. The van der Waals surface area contributed by atoms with E-state index in [4.69, 9.17) is 0 Å². The standard InChI is InChI=1S/2C6H7.C2H5ClO.Zr/c2*1-6-4-2-3-5-6;1-2-4-3;/h2*2,4H,3H2,1H3;2H2,1H3;/q2*-1;;+2. The van der Waals surface area contributed by atoms with Gasteiger partial charge in [0.15, 0.2) is 0 Å². The third-order valence-corrected chi connectivity index (χ3v) is 2.06. The Labute approximate surface area is 130 Å². The van der Waals surface area contributed by atoms with Crippen LogP contribution in [0.5, 0.6) is 0 Å². The van der Waals surface area contributed by atoms with Crippen LogP contribution in [0.3, 0.4) is 0 Å². The summed E-state index contributed by atoms with van der Waals surface area (Å²) in [6.45, 7) is 6.53. The third kappa shape index (κ3) is 14.0. The molecule has 0 saturated heterocycles. The number of halogens is 1. The van der Waals surface area contributed by atoms with E-state index in [-0.39, 0.29) is 26.2 Å². The van der Waals surface area contributed by atoms with Crippen LogP contribution in [0, 0.1) is 12.2 Å². The van der Waals surface area contributed by atoms with Gasteiger partial charge in [-0.05, 0) is 6.92 Å². The maximum absolute atomic E-state index is 4.69. The van der Waals surface area contributed by atoms with Gasteiger partial charge in [-0.15, -0.1) is 12.8 Å². The molecule has 0 radical (unpaired) electrons. The zero-order valence-corrected chi connectivity index (χ0v) is 13.9. The molecule has 0 aromatic rings. The zero-order valence-electron chi connectivity index (χ0n) is 10.7. The second kappa shape index (κ2) is 14.2. The molecular weight excluding hydrogens is 311 g/mol. The van der Waals surface area contributed by atoms with Gasteiger partial charge in [-0.25, -0.2) is 23.3 Å². The predicted octanol–water partition coefficient (Wildman–Crippen LogP) is 4.57. The van der Waals surface area contributed by atoms with Crippen LogP contribution < -0.4 is 0 Å². The first kappa shape index (κ1) is 19.4. The van der Waals surface area contributed by atoms with Gasteiger partial charge in [0.2, 0.25) is 0 Å². The Morgan fingerprint density at radius 3 is 1.53 bits per heavy atom. The monoisotopic (exact) mass is 328 g/mol. The molecule has 3 heteroatoms. The van der Waals surface area contributed by atoms with E-state index in [2.05, 4.69) is 66.5 Å². The Balaban J connectivity index is 0. The Kier molecular flexibility index (Phi) is 16.2. The molecule has 92 valence electrons. The van der Waals surface area contributed by atoms with Crippen LogP contribution in [-0.4, -0.2) is 6.61 Å². The van der Waals surface area contributed by atoms with Crippen LogP contribution in [-0.2, 0) is 30.5 Å². The summed E-state index contributed by atoms with van der Waals surface area (Å²) in [5.74, 6) is 0. The van der Waals surface area contributed by atoms with Gasteiger partial charge >= 0.3 is 26.2 Å². The maximum Gasteiger partial charge on any atom is 2.00 e. The molecule has 0 aromatic carbocycles. The quantitative estimate of drug-likeness (QED) is 0.640. The van der Waals surface area contributed by atoms with Gasteiger partial charge < -0.3 is 0 Å². The van der Waals surface area contributed by atoms with Gasteiger partial charge in [-0.1, -0.05) is 13.8 Å². The van der Waals surface area contributed by atoms with E-state index in [0.717, 1.165) is 12.8 Å². The largest absolute Gasteiger partial charge is 2.00 e. The first-order valence-corrected chi connectivity index (χ1v) is 5.73. The molecule has 0 fully saturated rings. The van der Waals surface area contributed by atoms with Crippen LogP contribution in [0.1, 0.15) is 33.6 Å². The van der Waals surface area contributed by atoms with Crippen molar-refractivity contribution < 1.29 is 30.5 Å². The van der Waals surface area contributed by atoms with Crippen molar-refractivity contribution in [2.75, 3.05) is 6.61 Å². The van der Waals surface area contributed by atoms with E-state index in [1.807, 2.05) is 6.92 Å². The van der Waals surface area contributed by atoms with E-state index < -0.39 is 0 Å². The SMILES string of the molecule is CC1=[C-]CC=C1.CC1=[C-]CC=C1.CCOCl.[Zr+2]. The van der Waals surface area contributed by atoms with Crippen molar-refractivity contribution in [1.29, 1.82) is 0 Å². The molecule has 0 amide bonds. The Morgan fingerprint density at radius 2 is 1.47 bits per heavy atom. The Morgan fingerprint density at radius 1 is 1.12 bits per heavy atom. The third-order valence-electron chi connectivity index (χ3n) is 1.84. The molecule has 1 nitrogen and oxygen atoms in total. The minimum atomic E-state index is 0. The molecule has 0 aromatic heterocycles. The van der Waals surface area contributed by atoms with Crippen molar-refractivity contribution in [3.05, 3.63) is 47.6 Å². The molecule has 2 aliphatic rings. The van der Waals surface area contributed by atoms with E-state index >= 15 is 0 Å². The van der Waals surface area contributed by atoms with E-state index in [9.17, 15) is 0 Å². The molecule has 17 heavy (non-hydrogen) atoms. The average Bonchev–Trinajstić information content (AvgIpc) is 2.93. The summed E-state index contributed by atoms with van der Waals surface area (Å²) in [7, 11) is 0. The van der Waals surface area contributed by atoms with Crippen molar-refractivity contribution in [2.45, 2.75) is 33.6 Å². The van der Waals surface area contributed by atoms with Crippen molar-refractivity contribution in [1.82, 2.24) is 0 Å². The zero-order chi connectivity index (χ0) is 12.2. The summed E-state index contributed by atoms with van der Waals surface area (Å²) in [6.07, 6.45) is 16.7. The summed E-state index contributed by atoms with van der Waals surface area (Å²) in [5, 5.41) is 0. The molecule has 0 atom stereocenters. The fourth-order valence-electron chi connectivity index (χ4n) is 1.03. The first-order valence-electron chi connectivity index (χ1n) is 5.42. The molecule has 2 rings (SSSR count). The first-order chi connectivity index (χ1) is 7.70. The normalized spacial score (nSPS) is 14.8. The fraction of sp³-hybridized carbons (Fsp3) is 0.429. The van der Waals surface area contributed by atoms with Crippen molar-refractivity contribution in [2.24, 2.45) is 0 Å². The summed E-state index contributed by atoms with van der Waals surface area (Å²) >= 11 is 4.69. The van der Waals surface area contributed by atoms with E-state index in [1.165, 1.54) is 11.1 Å². The molecule has 0 spiro atoms. The number of hydrogen-bond donors (Lipinski definition) is 0. The van der Waals surface area contributed by atoms with Crippen LogP contribution in [0.4, 0.5) is 0 Å². The van der Waals surface area contributed by atoms with E-state index in [1.54, 1.807) is 0 Å². The van der Waals surface area contributed by atoms with Crippen molar-refractivity contribution >= 4 is 11.9 Å². The van der Waals surface area contributed by atoms with Gasteiger partial charge in [0.1, 0.15) is 0 Å². The molecule has 0 aliphatic heterocycles. The molecule has 0 heterocycles. The minimum Gasteiger partial charge on any atom is -0.280 e. The van der Waals surface area contributed by atoms with E-state index in [0.29, 0.717) is 6.61 Å². The van der Waals surface area contributed by atoms with Crippen LogP contribution >= 0.6 is 11.9 Å². The van der Waals surface area contributed by atoms with Gasteiger partial charge in [-0.2, -0.15) is 12.2 Å². The Bertz CT molecular complexity index is 255. The summed E-state index contributed by atoms with van der Waals surface area (Å²) in [5.41, 5.74) is 2.55. The second-order valence-corrected chi connectivity index (χ2v) is 3.55. The minimum absolute atomic E-state index is 0. The maximum atomic E-state index is 4.69. The smallest absolute Gasteiger partial charge is 0.280 e. The molecule has 0 N–H and O–H groups in total. The van der Waals surface area contributed by atoms with Gasteiger partial charge in [0.05, 0.1) is 18.5 Å². The molecule has 0 saturated carbocycles. The van der Waals surface area contributed by atoms with Crippen LogP contribution in [0.15, 0.2) is 35.5 Å². The van der Waals surface area contributed by atoms with Crippen molar-refractivity contribution in [3.63, 3.8) is 0 Å². The fourth-order valence-corrected chi connectivity index (χ4v) is 1.03. The van der Waals surface area contributed by atoms with Gasteiger partial charge in [0.25, 0.3) is 0 Å². The number of allylic oxidation sites excluding steroid dienone is 8. The molecular formula is C14H19ClOZr. The Hall–Kier alpha value is 0.0931. The van der Waals surface area contributed by atoms with Gasteiger partial charge in [0, 0.05) is 0 Å². The summed E-state index contributed by atoms with van der Waals surface area (Å²) in [4.78, 5) is 0.